The molecule has 0 fully saturated rings. The van der Waals surface area contributed by atoms with Gasteiger partial charge in [0.15, 0.2) is 0 Å². The molecule has 25 heavy (non-hydrogen) atoms. The summed E-state index contributed by atoms with van der Waals surface area (Å²) in [7, 11) is 0. The minimum atomic E-state index is -0.655. The quantitative estimate of drug-likeness (QED) is 0.396. The average molecular weight is 342 g/mol. The molecule has 9 heteroatoms. The summed E-state index contributed by atoms with van der Waals surface area (Å²) in [5.41, 5.74) is 0.731. The van der Waals surface area contributed by atoms with Crippen LogP contribution in [0.2, 0.25) is 0 Å². The van der Waals surface area contributed by atoms with Crippen LogP contribution in [0.5, 0.6) is 0 Å². The van der Waals surface area contributed by atoms with E-state index < -0.39 is 22.3 Å². The standard InChI is InChI=1S/C16H14N4O5/c1-11(21)25-8-7-19-13(12-5-3-2-4-6-12)9-18-10-14(20(23)24)17-15(18)16(19)22/h2-6,9-10H,7-8H2,1H3. The fraction of sp³-hybridized carbons (Fsp3) is 0.188. The number of carbonyl (C=O) groups is 1. The van der Waals surface area contributed by atoms with Gasteiger partial charge < -0.3 is 14.9 Å². The highest BCUT2D eigenvalue weighted by molar-refractivity contribution is 5.66. The Morgan fingerprint density at radius 2 is 2.00 bits per heavy atom. The van der Waals surface area contributed by atoms with Gasteiger partial charge in [0.2, 0.25) is 0 Å². The lowest BCUT2D eigenvalue weighted by atomic mass is 10.1. The summed E-state index contributed by atoms with van der Waals surface area (Å²) in [5, 5.41) is 10.9. The van der Waals surface area contributed by atoms with Crippen molar-refractivity contribution in [1.82, 2.24) is 14.0 Å². The van der Waals surface area contributed by atoms with Crippen LogP contribution in [0.4, 0.5) is 5.82 Å². The zero-order valence-corrected chi connectivity index (χ0v) is 13.3. The van der Waals surface area contributed by atoms with Crippen molar-refractivity contribution in [1.29, 1.82) is 0 Å². The van der Waals surface area contributed by atoms with Gasteiger partial charge in [-0.25, -0.2) is 0 Å². The van der Waals surface area contributed by atoms with E-state index in [2.05, 4.69) is 4.98 Å². The van der Waals surface area contributed by atoms with Gasteiger partial charge in [-0.3, -0.25) is 18.6 Å². The van der Waals surface area contributed by atoms with Crippen LogP contribution in [-0.4, -0.2) is 31.5 Å². The van der Waals surface area contributed by atoms with Crippen molar-refractivity contribution in [2.45, 2.75) is 13.5 Å². The van der Waals surface area contributed by atoms with E-state index in [0.717, 1.165) is 5.56 Å². The van der Waals surface area contributed by atoms with E-state index in [4.69, 9.17) is 4.74 Å². The number of carbonyl (C=O) groups excluding carboxylic acids is 1. The van der Waals surface area contributed by atoms with Crippen LogP contribution in [0.25, 0.3) is 16.9 Å². The van der Waals surface area contributed by atoms with Crippen molar-refractivity contribution in [3.8, 4) is 11.3 Å². The van der Waals surface area contributed by atoms with Gasteiger partial charge in [-0.15, -0.1) is 0 Å². The molecule has 2 aromatic heterocycles. The third kappa shape index (κ3) is 3.25. The molecule has 0 atom stereocenters. The van der Waals surface area contributed by atoms with Gasteiger partial charge in [0, 0.05) is 13.1 Å². The van der Waals surface area contributed by atoms with Gasteiger partial charge in [0.05, 0.1) is 12.2 Å². The number of nitro groups is 1. The van der Waals surface area contributed by atoms with Crippen molar-refractivity contribution >= 4 is 17.4 Å². The predicted octanol–water partition coefficient (Wildman–Crippen LogP) is 1.63. The lowest BCUT2D eigenvalue weighted by Gasteiger charge is -2.12. The summed E-state index contributed by atoms with van der Waals surface area (Å²) < 4.78 is 7.64. The fourth-order valence-corrected chi connectivity index (χ4v) is 2.50. The highest BCUT2D eigenvalue weighted by Crippen LogP contribution is 2.19. The summed E-state index contributed by atoms with van der Waals surface area (Å²) in [6.45, 7) is 1.40. The third-order valence-electron chi connectivity index (χ3n) is 3.59. The molecule has 3 aromatic rings. The second-order valence-corrected chi connectivity index (χ2v) is 5.26. The Bertz CT molecular complexity index is 1010. The molecular weight excluding hydrogens is 328 g/mol. The number of benzene rings is 1. The molecule has 0 amide bonds. The van der Waals surface area contributed by atoms with Gasteiger partial charge in [-0.2, -0.15) is 0 Å². The van der Waals surface area contributed by atoms with Crippen molar-refractivity contribution < 1.29 is 14.5 Å². The Kier molecular flexibility index (Phi) is 4.29. The van der Waals surface area contributed by atoms with Gasteiger partial charge >= 0.3 is 23.0 Å². The first-order chi connectivity index (χ1) is 12.0. The molecule has 0 aliphatic heterocycles. The third-order valence-corrected chi connectivity index (χ3v) is 3.59. The second kappa shape index (κ2) is 6.56. The van der Waals surface area contributed by atoms with Crippen molar-refractivity contribution in [3.05, 3.63) is 63.2 Å². The molecule has 0 radical (unpaired) electrons. The summed E-state index contributed by atoms with van der Waals surface area (Å²) >= 11 is 0. The van der Waals surface area contributed by atoms with Crippen LogP contribution < -0.4 is 5.56 Å². The fourth-order valence-electron chi connectivity index (χ4n) is 2.50. The Morgan fingerprint density at radius 3 is 2.64 bits per heavy atom. The van der Waals surface area contributed by atoms with Crippen LogP contribution >= 0.6 is 0 Å². The molecule has 128 valence electrons. The molecule has 0 bridgehead atoms. The van der Waals surface area contributed by atoms with E-state index in [1.165, 1.54) is 22.1 Å². The minimum Gasteiger partial charge on any atom is -0.464 e. The molecule has 3 rings (SSSR count). The average Bonchev–Trinajstić information content (AvgIpc) is 3.02. The maximum Gasteiger partial charge on any atom is 0.382 e. The van der Waals surface area contributed by atoms with Crippen LogP contribution in [0.15, 0.2) is 47.5 Å². The maximum absolute atomic E-state index is 12.8. The molecular formula is C16H14N4O5. The van der Waals surface area contributed by atoms with Gasteiger partial charge in [0.25, 0.3) is 0 Å². The zero-order chi connectivity index (χ0) is 18.0. The number of hydrogen-bond acceptors (Lipinski definition) is 6. The molecule has 0 aliphatic rings. The van der Waals surface area contributed by atoms with E-state index >= 15 is 0 Å². The summed E-state index contributed by atoms with van der Waals surface area (Å²) in [5.74, 6) is -0.860. The Balaban J connectivity index is 2.18. The second-order valence-electron chi connectivity index (χ2n) is 5.26. The predicted molar refractivity (Wildman–Crippen MR) is 88.2 cm³/mol. The monoisotopic (exact) mass is 342 g/mol. The Morgan fingerprint density at radius 1 is 1.28 bits per heavy atom. The number of nitrogens with zero attached hydrogens (tertiary/aromatic N) is 4. The first-order valence-corrected chi connectivity index (χ1v) is 7.43. The Hall–Kier alpha value is -3.49. The number of hydrogen-bond donors (Lipinski definition) is 0. The van der Waals surface area contributed by atoms with E-state index in [9.17, 15) is 19.7 Å². The molecule has 0 spiro atoms. The van der Waals surface area contributed by atoms with Gasteiger partial charge in [0.1, 0.15) is 12.8 Å². The molecule has 1 aromatic carbocycles. The highest BCUT2D eigenvalue weighted by Gasteiger charge is 2.20. The van der Waals surface area contributed by atoms with E-state index in [1.54, 1.807) is 6.20 Å². The largest absolute Gasteiger partial charge is 0.464 e. The number of ether oxygens (including phenoxy) is 1. The smallest absolute Gasteiger partial charge is 0.382 e. The molecule has 9 nitrogen and oxygen atoms in total. The molecule has 0 N–H and O–H groups in total. The van der Waals surface area contributed by atoms with E-state index in [1.807, 2.05) is 30.3 Å². The lowest BCUT2D eigenvalue weighted by Crippen LogP contribution is -2.26. The summed E-state index contributed by atoms with van der Waals surface area (Å²) in [6, 6.07) is 9.10. The molecule has 0 saturated heterocycles. The normalized spacial score (nSPS) is 10.8. The maximum atomic E-state index is 12.8. The summed E-state index contributed by atoms with van der Waals surface area (Å²) in [4.78, 5) is 37.8. The van der Waals surface area contributed by atoms with Gasteiger partial charge in [-0.05, 0) is 15.5 Å². The number of rotatable bonds is 5. The number of esters is 1. The van der Waals surface area contributed by atoms with Crippen LogP contribution in [0, 0.1) is 10.1 Å². The topological polar surface area (TPSA) is 109 Å². The summed E-state index contributed by atoms with van der Waals surface area (Å²) in [6.07, 6.45) is 2.79. The molecule has 0 aliphatic carbocycles. The number of aromatic nitrogens is 3. The number of fused-ring (bicyclic) bond motifs is 1. The first kappa shape index (κ1) is 16.4. The molecule has 0 saturated carbocycles. The molecule has 0 unspecified atom stereocenters. The van der Waals surface area contributed by atoms with Crippen molar-refractivity contribution in [2.24, 2.45) is 0 Å². The van der Waals surface area contributed by atoms with E-state index in [-0.39, 0.29) is 18.8 Å². The SMILES string of the molecule is CC(=O)OCCn1c(-c2ccccc2)cn2cc([N+](=O)[O-])nc2c1=O. The van der Waals surface area contributed by atoms with Crippen LogP contribution in [-0.2, 0) is 16.1 Å². The van der Waals surface area contributed by atoms with Crippen LogP contribution in [0.1, 0.15) is 6.92 Å². The lowest BCUT2D eigenvalue weighted by molar-refractivity contribution is -0.389. The number of imidazole rings is 1. The highest BCUT2D eigenvalue weighted by atomic mass is 16.6. The van der Waals surface area contributed by atoms with E-state index in [0.29, 0.717) is 5.69 Å². The Labute approximate surface area is 141 Å². The first-order valence-electron chi connectivity index (χ1n) is 7.43. The van der Waals surface area contributed by atoms with Crippen LogP contribution in [0.3, 0.4) is 0 Å². The van der Waals surface area contributed by atoms with Gasteiger partial charge in [-0.1, -0.05) is 30.3 Å². The minimum absolute atomic E-state index is 0.00798. The molecule has 2 heterocycles. The zero-order valence-electron chi connectivity index (χ0n) is 13.3. The van der Waals surface area contributed by atoms with Crippen molar-refractivity contribution in [3.63, 3.8) is 0 Å². The van der Waals surface area contributed by atoms with Crippen molar-refractivity contribution in [2.75, 3.05) is 6.61 Å².